The van der Waals surface area contributed by atoms with Crippen LogP contribution in [-0.2, 0) is 4.74 Å². The van der Waals surface area contributed by atoms with E-state index in [2.05, 4.69) is 34.6 Å². The molecule has 6 heteroatoms. The number of nitrogens with zero attached hydrogens (tertiary/aromatic N) is 2. The van der Waals surface area contributed by atoms with E-state index in [0.29, 0.717) is 11.6 Å². The van der Waals surface area contributed by atoms with Gasteiger partial charge in [-0.15, -0.1) is 24.0 Å². The van der Waals surface area contributed by atoms with Gasteiger partial charge in [0.25, 0.3) is 0 Å². The van der Waals surface area contributed by atoms with E-state index in [1.807, 2.05) is 7.05 Å². The monoisotopic (exact) mass is 410 g/mol. The second kappa shape index (κ2) is 9.15. The molecule has 1 heterocycles. The maximum absolute atomic E-state index is 5.63. The van der Waals surface area contributed by atoms with E-state index in [4.69, 9.17) is 4.74 Å². The van der Waals surface area contributed by atoms with Gasteiger partial charge < -0.3 is 20.3 Å². The molecule has 1 atom stereocenters. The molecule has 1 saturated heterocycles. The van der Waals surface area contributed by atoms with Crippen molar-refractivity contribution < 1.29 is 4.74 Å². The van der Waals surface area contributed by atoms with Crippen LogP contribution in [0, 0.1) is 0 Å². The first kappa shape index (κ1) is 19.0. The fourth-order valence-electron chi connectivity index (χ4n) is 3.30. The van der Waals surface area contributed by atoms with Gasteiger partial charge in [0.1, 0.15) is 0 Å². The first-order chi connectivity index (χ1) is 9.66. The molecule has 1 aliphatic carbocycles. The summed E-state index contributed by atoms with van der Waals surface area (Å²) in [6.45, 7) is 2.72. The highest BCUT2D eigenvalue weighted by Gasteiger charge is 2.35. The quantitative estimate of drug-likeness (QED) is 0.413. The maximum Gasteiger partial charge on any atom is 0.191 e. The van der Waals surface area contributed by atoms with Crippen LogP contribution in [0.3, 0.4) is 0 Å². The largest absolute Gasteiger partial charge is 0.376 e. The minimum atomic E-state index is 0. The summed E-state index contributed by atoms with van der Waals surface area (Å²) in [6.07, 6.45) is 7.91. The van der Waals surface area contributed by atoms with Crippen molar-refractivity contribution in [3.05, 3.63) is 0 Å². The molecule has 1 unspecified atom stereocenters. The van der Waals surface area contributed by atoms with Crippen LogP contribution < -0.4 is 10.6 Å². The van der Waals surface area contributed by atoms with Crippen molar-refractivity contribution >= 4 is 29.9 Å². The molecule has 0 bridgehead atoms. The number of hydrogen-bond acceptors (Lipinski definition) is 3. The fourth-order valence-corrected chi connectivity index (χ4v) is 3.30. The Morgan fingerprint density at radius 2 is 1.95 bits per heavy atom. The zero-order valence-corrected chi connectivity index (χ0v) is 16.0. The van der Waals surface area contributed by atoms with Crippen LogP contribution in [0.4, 0.5) is 0 Å². The lowest BCUT2D eigenvalue weighted by Crippen LogP contribution is -2.53. The van der Waals surface area contributed by atoms with E-state index >= 15 is 0 Å². The van der Waals surface area contributed by atoms with E-state index in [9.17, 15) is 0 Å². The molecule has 0 spiro atoms. The molecule has 0 radical (unpaired) electrons. The zero-order chi connectivity index (χ0) is 14.4. The van der Waals surface area contributed by atoms with Crippen molar-refractivity contribution in [2.75, 3.05) is 40.8 Å². The molecule has 0 aromatic rings. The molecular weight excluding hydrogens is 379 g/mol. The summed E-state index contributed by atoms with van der Waals surface area (Å²) in [6, 6.07) is 0. The SMILES string of the molecule is CN=C(NCC1CCCO1)NCC1(N(C)C)CCCC1.I. The van der Waals surface area contributed by atoms with Gasteiger partial charge >= 0.3 is 0 Å². The van der Waals surface area contributed by atoms with Crippen molar-refractivity contribution in [1.82, 2.24) is 15.5 Å². The van der Waals surface area contributed by atoms with Gasteiger partial charge in [-0.25, -0.2) is 0 Å². The van der Waals surface area contributed by atoms with Gasteiger partial charge in [-0.1, -0.05) is 12.8 Å². The molecule has 0 amide bonds. The van der Waals surface area contributed by atoms with Crippen LogP contribution in [0.5, 0.6) is 0 Å². The highest BCUT2D eigenvalue weighted by atomic mass is 127. The molecule has 21 heavy (non-hydrogen) atoms. The Hall–Kier alpha value is -0.0800. The van der Waals surface area contributed by atoms with Gasteiger partial charge in [0.05, 0.1) is 6.10 Å². The Morgan fingerprint density at radius 3 is 2.48 bits per heavy atom. The van der Waals surface area contributed by atoms with Crippen molar-refractivity contribution in [3.63, 3.8) is 0 Å². The van der Waals surface area contributed by atoms with E-state index in [1.54, 1.807) is 0 Å². The Kier molecular flexibility index (Phi) is 8.26. The molecule has 124 valence electrons. The van der Waals surface area contributed by atoms with Gasteiger partial charge in [-0.3, -0.25) is 4.99 Å². The predicted octanol–water partition coefficient (Wildman–Crippen LogP) is 1.82. The number of halogens is 1. The third-order valence-electron chi connectivity index (χ3n) is 4.81. The molecule has 1 aliphatic heterocycles. The average Bonchev–Trinajstić information content (AvgIpc) is 3.10. The van der Waals surface area contributed by atoms with Crippen LogP contribution in [0.1, 0.15) is 38.5 Å². The molecule has 2 fully saturated rings. The number of aliphatic imine (C=N–C) groups is 1. The predicted molar refractivity (Wildman–Crippen MR) is 98.6 cm³/mol. The van der Waals surface area contributed by atoms with E-state index in [1.165, 1.54) is 32.1 Å². The Morgan fingerprint density at radius 1 is 1.24 bits per heavy atom. The second-order valence-electron chi connectivity index (χ2n) is 6.27. The van der Waals surface area contributed by atoms with Crippen LogP contribution >= 0.6 is 24.0 Å². The highest BCUT2D eigenvalue weighted by molar-refractivity contribution is 14.0. The minimum absolute atomic E-state index is 0. The normalized spacial score (nSPS) is 25.0. The van der Waals surface area contributed by atoms with Crippen LogP contribution in [0.2, 0.25) is 0 Å². The lowest BCUT2D eigenvalue weighted by Gasteiger charge is -2.37. The standard InChI is InChI=1S/C15H30N4O.HI/c1-16-14(17-11-13-7-6-10-20-13)18-12-15(19(2)3)8-4-5-9-15;/h13H,4-12H2,1-3H3,(H2,16,17,18);1H. The topological polar surface area (TPSA) is 48.9 Å². The molecule has 5 nitrogen and oxygen atoms in total. The fraction of sp³-hybridized carbons (Fsp3) is 0.933. The molecule has 2 rings (SSSR count). The van der Waals surface area contributed by atoms with Crippen molar-refractivity contribution in [3.8, 4) is 0 Å². The second-order valence-corrected chi connectivity index (χ2v) is 6.27. The van der Waals surface area contributed by atoms with E-state index in [0.717, 1.165) is 32.1 Å². The number of ether oxygens (including phenoxy) is 1. The summed E-state index contributed by atoms with van der Waals surface area (Å²) in [5.74, 6) is 0.897. The Labute approximate surface area is 146 Å². The minimum Gasteiger partial charge on any atom is -0.376 e. The first-order valence-electron chi connectivity index (χ1n) is 7.90. The third-order valence-corrected chi connectivity index (χ3v) is 4.81. The molecule has 2 aliphatic rings. The lowest BCUT2D eigenvalue weighted by molar-refractivity contribution is 0.113. The first-order valence-corrected chi connectivity index (χ1v) is 7.90. The summed E-state index contributed by atoms with van der Waals surface area (Å²) in [7, 11) is 6.22. The van der Waals surface area contributed by atoms with E-state index < -0.39 is 0 Å². The van der Waals surface area contributed by atoms with Crippen molar-refractivity contribution in [2.24, 2.45) is 4.99 Å². The van der Waals surface area contributed by atoms with Gasteiger partial charge in [-0.05, 0) is 39.8 Å². The Balaban J connectivity index is 0.00000220. The Bertz CT molecular complexity index is 324. The van der Waals surface area contributed by atoms with Crippen molar-refractivity contribution in [2.45, 2.75) is 50.2 Å². The lowest BCUT2D eigenvalue weighted by atomic mass is 9.96. The van der Waals surface area contributed by atoms with Crippen LogP contribution in [0.25, 0.3) is 0 Å². The zero-order valence-electron chi connectivity index (χ0n) is 13.7. The molecule has 1 saturated carbocycles. The number of rotatable bonds is 5. The molecule has 0 aromatic heterocycles. The van der Waals surface area contributed by atoms with Crippen molar-refractivity contribution in [1.29, 1.82) is 0 Å². The number of nitrogens with one attached hydrogen (secondary N) is 2. The summed E-state index contributed by atoms with van der Waals surface area (Å²) in [4.78, 5) is 6.70. The summed E-state index contributed by atoms with van der Waals surface area (Å²) in [5, 5.41) is 6.89. The molecule has 2 N–H and O–H groups in total. The summed E-state index contributed by atoms with van der Waals surface area (Å²) < 4.78 is 5.63. The smallest absolute Gasteiger partial charge is 0.191 e. The maximum atomic E-state index is 5.63. The van der Waals surface area contributed by atoms with Crippen LogP contribution in [0.15, 0.2) is 4.99 Å². The highest BCUT2D eigenvalue weighted by Crippen LogP contribution is 2.32. The molecular formula is C15H31IN4O. The van der Waals surface area contributed by atoms with E-state index in [-0.39, 0.29) is 24.0 Å². The summed E-state index contributed by atoms with van der Waals surface area (Å²) >= 11 is 0. The average molecular weight is 410 g/mol. The van der Waals surface area contributed by atoms with Gasteiger partial charge in [0.15, 0.2) is 5.96 Å². The number of likely N-dealkylation sites (N-methyl/N-ethyl adjacent to an activating group) is 1. The molecule has 0 aromatic carbocycles. The van der Waals surface area contributed by atoms with Crippen LogP contribution in [-0.4, -0.2) is 63.3 Å². The number of guanidine groups is 1. The van der Waals surface area contributed by atoms with Gasteiger partial charge in [-0.2, -0.15) is 0 Å². The van der Waals surface area contributed by atoms with Gasteiger partial charge in [0, 0.05) is 32.3 Å². The number of hydrogen-bond donors (Lipinski definition) is 2. The third kappa shape index (κ3) is 5.25. The summed E-state index contributed by atoms with van der Waals surface area (Å²) in [5.41, 5.74) is 0.293. The van der Waals surface area contributed by atoms with Gasteiger partial charge in [0.2, 0.25) is 0 Å².